The summed E-state index contributed by atoms with van der Waals surface area (Å²) in [7, 11) is 1.65. The summed E-state index contributed by atoms with van der Waals surface area (Å²) < 4.78 is 13.2. The van der Waals surface area contributed by atoms with Crippen LogP contribution in [0.3, 0.4) is 0 Å². The van der Waals surface area contributed by atoms with E-state index in [-0.39, 0.29) is 0 Å². The molecule has 0 saturated carbocycles. The number of ether oxygens (including phenoxy) is 2. The van der Waals surface area contributed by atoms with Crippen molar-refractivity contribution in [3.8, 4) is 11.5 Å². The summed E-state index contributed by atoms with van der Waals surface area (Å²) in [6.45, 7) is 3.70. The number of nitrogens with two attached hydrogens (primary N) is 1. The molecule has 5 nitrogen and oxygen atoms in total. The second-order valence-corrected chi connectivity index (χ2v) is 5.40. The molecular weight excluding hydrogens is 290 g/mol. The molecule has 0 radical (unpaired) electrons. The first-order chi connectivity index (χ1) is 11.2. The van der Waals surface area contributed by atoms with Crippen molar-refractivity contribution in [1.82, 2.24) is 9.55 Å². The van der Waals surface area contributed by atoms with Crippen molar-refractivity contribution in [3.63, 3.8) is 0 Å². The normalized spacial score (nSPS) is 10.9. The minimum absolute atomic E-state index is 0.390. The lowest BCUT2D eigenvalue weighted by molar-refractivity contribution is 0.298. The molecule has 0 unspecified atom stereocenters. The highest BCUT2D eigenvalue weighted by Gasteiger charge is 2.10. The Labute approximate surface area is 135 Å². The number of aromatic nitrogens is 2. The lowest BCUT2D eigenvalue weighted by Crippen LogP contribution is -2.13. The average molecular weight is 311 g/mol. The van der Waals surface area contributed by atoms with Gasteiger partial charge in [0.15, 0.2) is 0 Å². The van der Waals surface area contributed by atoms with Crippen LogP contribution in [-0.2, 0) is 13.1 Å². The SMILES string of the molecule is COc1ccc2c(c1)nc(CN)n2CCOc1cccc(C)c1. The summed E-state index contributed by atoms with van der Waals surface area (Å²) in [5.74, 6) is 2.52. The van der Waals surface area contributed by atoms with Crippen LogP contribution >= 0.6 is 0 Å². The van der Waals surface area contributed by atoms with Crippen molar-refractivity contribution in [3.05, 3.63) is 53.9 Å². The molecule has 3 rings (SSSR count). The third-order valence-electron chi connectivity index (χ3n) is 3.79. The van der Waals surface area contributed by atoms with Crippen LogP contribution in [0.15, 0.2) is 42.5 Å². The van der Waals surface area contributed by atoms with E-state index in [1.807, 2.05) is 36.4 Å². The molecular formula is C18H21N3O2. The Morgan fingerprint density at radius 2 is 2.00 bits per heavy atom. The molecule has 0 saturated heterocycles. The largest absolute Gasteiger partial charge is 0.497 e. The molecule has 0 bridgehead atoms. The number of aryl methyl sites for hydroxylation is 1. The Balaban J connectivity index is 1.78. The molecule has 23 heavy (non-hydrogen) atoms. The van der Waals surface area contributed by atoms with E-state index in [0.717, 1.165) is 28.4 Å². The third kappa shape index (κ3) is 3.29. The number of nitrogens with zero attached hydrogens (tertiary/aromatic N) is 2. The number of hydrogen-bond donors (Lipinski definition) is 1. The van der Waals surface area contributed by atoms with E-state index in [1.54, 1.807) is 7.11 Å². The average Bonchev–Trinajstić information content (AvgIpc) is 2.92. The highest BCUT2D eigenvalue weighted by atomic mass is 16.5. The summed E-state index contributed by atoms with van der Waals surface area (Å²) in [6.07, 6.45) is 0. The van der Waals surface area contributed by atoms with Gasteiger partial charge in [0.25, 0.3) is 0 Å². The zero-order valence-electron chi connectivity index (χ0n) is 13.5. The predicted octanol–water partition coefficient (Wildman–Crippen LogP) is 2.89. The molecule has 0 atom stereocenters. The summed E-state index contributed by atoms with van der Waals surface area (Å²) in [5, 5.41) is 0. The molecule has 0 aliphatic carbocycles. The van der Waals surface area contributed by atoms with Crippen LogP contribution < -0.4 is 15.2 Å². The number of methoxy groups -OCH3 is 1. The van der Waals surface area contributed by atoms with E-state index in [0.29, 0.717) is 19.7 Å². The zero-order chi connectivity index (χ0) is 16.2. The molecule has 0 spiro atoms. The fraction of sp³-hybridized carbons (Fsp3) is 0.278. The van der Waals surface area contributed by atoms with Gasteiger partial charge < -0.3 is 19.8 Å². The molecule has 1 aromatic heterocycles. The van der Waals surface area contributed by atoms with Crippen LogP contribution in [0.2, 0.25) is 0 Å². The smallest absolute Gasteiger partial charge is 0.123 e. The van der Waals surface area contributed by atoms with Crippen LogP contribution in [0.5, 0.6) is 11.5 Å². The van der Waals surface area contributed by atoms with Gasteiger partial charge in [-0.25, -0.2) is 4.98 Å². The van der Waals surface area contributed by atoms with Gasteiger partial charge in [-0.15, -0.1) is 0 Å². The maximum absolute atomic E-state index is 5.84. The Morgan fingerprint density at radius 3 is 2.74 bits per heavy atom. The highest BCUT2D eigenvalue weighted by Crippen LogP contribution is 2.22. The van der Waals surface area contributed by atoms with Crippen LogP contribution in [-0.4, -0.2) is 23.3 Å². The molecule has 0 aliphatic heterocycles. The van der Waals surface area contributed by atoms with E-state index in [2.05, 4.69) is 22.5 Å². The Hall–Kier alpha value is -2.53. The van der Waals surface area contributed by atoms with Crippen molar-refractivity contribution in [2.45, 2.75) is 20.0 Å². The van der Waals surface area contributed by atoms with Gasteiger partial charge in [0, 0.05) is 6.07 Å². The van der Waals surface area contributed by atoms with Crippen molar-refractivity contribution < 1.29 is 9.47 Å². The molecule has 1 heterocycles. The van der Waals surface area contributed by atoms with Crippen molar-refractivity contribution in [1.29, 1.82) is 0 Å². The molecule has 0 aliphatic rings. The number of imidazole rings is 1. The summed E-state index contributed by atoms with van der Waals surface area (Å²) in [5.41, 5.74) is 8.95. The molecule has 3 aromatic rings. The second-order valence-electron chi connectivity index (χ2n) is 5.40. The molecule has 120 valence electrons. The van der Waals surface area contributed by atoms with Crippen LogP contribution in [0.1, 0.15) is 11.4 Å². The minimum Gasteiger partial charge on any atom is -0.497 e. The van der Waals surface area contributed by atoms with Crippen LogP contribution in [0.25, 0.3) is 11.0 Å². The standard InChI is InChI=1S/C18H21N3O2/c1-13-4-3-5-15(10-13)23-9-8-21-17-7-6-14(22-2)11-16(17)20-18(21)12-19/h3-7,10-11H,8-9,12,19H2,1-2H3. The quantitative estimate of drug-likeness (QED) is 0.760. The number of rotatable bonds is 6. The first-order valence-electron chi connectivity index (χ1n) is 7.64. The second kappa shape index (κ2) is 6.71. The fourth-order valence-corrected chi connectivity index (χ4v) is 2.65. The van der Waals surface area contributed by atoms with Crippen molar-refractivity contribution in [2.24, 2.45) is 5.73 Å². The van der Waals surface area contributed by atoms with E-state index in [4.69, 9.17) is 15.2 Å². The molecule has 2 N–H and O–H groups in total. The van der Waals surface area contributed by atoms with Crippen molar-refractivity contribution in [2.75, 3.05) is 13.7 Å². The van der Waals surface area contributed by atoms with Gasteiger partial charge in [0.05, 0.1) is 31.2 Å². The first-order valence-corrected chi connectivity index (χ1v) is 7.64. The highest BCUT2D eigenvalue weighted by molar-refractivity contribution is 5.77. The zero-order valence-corrected chi connectivity index (χ0v) is 13.5. The number of fused-ring (bicyclic) bond motifs is 1. The molecule has 0 amide bonds. The van der Waals surface area contributed by atoms with Crippen molar-refractivity contribution >= 4 is 11.0 Å². The van der Waals surface area contributed by atoms with Crippen LogP contribution in [0, 0.1) is 6.92 Å². The summed E-state index contributed by atoms with van der Waals surface area (Å²) in [6, 6.07) is 13.9. The van der Waals surface area contributed by atoms with E-state index >= 15 is 0 Å². The Kier molecular flexibility index (Phi) is 4.48. The monoisotopic (exact) mass is 311 g/mol. The van der Waals surface area contributed by atoms with E-state index in [1.165, 1.54) is 5.56 Å². The summed E-state index contributed by atoms with van der Waals surface area (Å²) in [4.78, 5) is 4.58. The first kappa shape index (κ1) is 15.4. The topological polar surface area (TPSA) is 62.3 Å². The molecule has 2 aromatic carbocycles. The molecule has 5 heteroatoms. The summed E-state index contributed by atoms with van der Waals surface area (Å²) >= 11 is 0. The van der Waals surface area contributed by atoms with Gasteiger partial charge in [-0.1, -0.05) is 12.1 Å². The third-order valence-corrected chi connectivity index (χ3v) is 3.79. The van der Waals surface area contributed by atoms with Gasteiger partial charge >= 0.3 is 0 Å². The minimum atomic E-state index is 0.390. The Morgan fingerprint density at radius 1 is 1.13 bits per heavy atom. The fourth-order valence-electron chi connectivity index (χ4n) is 2.65. The van der Waals surface area contributed by atoms with E-state index in [9.17, 15) is 0 Å². The maximum Gasteiger partial charge on any atom is 0.123 e. The molecule has 0 fully saturated rings. The lowest BCUT2D eigenvalue weighted by Gasteiger charge is -2.10. The van der Waals surface area contributed by atoms with E-state index < -0.39 is 0 Å². The number of benzene rings is 2. The maximum atomic E-state index is 5.84. The van der Waals surface area contributed by atoms with Gasteiger partial charge in [0.1, 0.15) is 23.9 Å². The van der Waals surface area contributed by atoms with Gasteiger partial charge in [0.2, 0.25) is 0 Å². The number of hydrogen-bond acceptors (Lipinski definition) is 4. The Bertz CT molecular complexity index is 811. The van der Waals surface area contributed by atoms with Gasteiger partial charge in [-0.2, -0.15) is 0 Å². The lowest BCUT2D eigenvalue weighted by atomic mass is 10.2. The van der Waals surface area contributed by atoms with Crippen LogP contribution in [0.4, 0.5) is 0 Å². The van der Waals surface area contributed by atoms with Gasteiger partial charge in [-0.05, 0) is 36.8 Å². The van der Waals surface area contributed by atoms with Gasteiger partial charge in [-0.3, -0.25) is 0 Å². The predicted molar refractivity (Wildman–Crippen MR) is 90.9 cm³/mol.